The predicted octanol–water partition coefficient (Wildman–Crippen LogP) is 1.61. The number of rotatable bonds is 3. The molecule has 0 aromatic carbocycles. The average Bonchev–Trinajstić information content (AvgIpc) is 2.19. The van der Waals surface area contributed by atoms with Crippen LogP contribution in [0.1, 0.15) is 5.69 Å². The van der Waals surface area contributed by atoms with Gasteiger partial charge in [0.2, 0.25) is 0 Å². The maximum absolute atomic E-state index is 8.29. The van der Waals surface area contributed by atoms with Gasteiger partial charge in [0.25, 0.3) is 6.26 Å². The number of nitrogens with zero attached hydrogens (tertiary/aromatic N) is 4. The summed E-state index contributed by atoms with van der Waals surface area (Å²) in [7, 11) is 0. The molecule has 0 amide bonds. The molecular weight excluding hydrogens is 180 g/mol. The number of ether oxygens (including phenoxy) is 1. The molecule has 0 saturated carbocycles. The van der Waals surface area contributed by atoms with E-state index in [-0.39, 0.29) is 0 Å². The first kappa shape index (κ1) is 9.86. The molecule has 1 heterocycles. The molecule has 5 nitrogen and oxygen atoms in total. The molecule has 1 aromatic heterocycles. The quantitative estimate of drug-likeness (QED) is 0.411. The summed E-state index contributed by atoms with van der Waals surface area (Å²) in [6.07, 6.45) is 4.32. The highest BCUT2D eigenvalue weighted by molar-refractivity contribution is 5.67. The molecule has 0 saturated heterocycles. The Labute approximate surface area is 81.4 Å². The van der Waals surface area contributed by atoms with Gasteiger partial charge < -0.3 is 4.74 Å². The Morgan fingerprint density at radius 2 is 2.50 bits per heavy atom. The van der Waals surface area contributed by atoms with Crippen LogP contribution in [0.3, 0.4) is 0 Å². The molecule has 0 aliphatic carbocycles. The highest BCUT2D eigenvalue weighted by Crippen LogP contribution is 2.21. The Bertz CT molecular complexity index is 406. The molecule has 1 aromatic rings. The second kappa shape index (κ2) is 4.72. The van der Waals surface area contributed by atoms with E-state index >= 15 is 0 Å². The molecule has 0 spiro atoms. The van der Waals surface area contributed by atoms with E-state index in [4.69, 9.17) is 5.26 Å². The van der Waals surface area contributed by atoms with Gasteiger partial charge in [-0.3, -0.25) is 9.98 Å². The van der Waals surface area contributed by atoms with Crippen LogP contribution >= 0.6 is 0 Å². The largest absolute Gasteiger partial charge is 0.386 e. The van der Waals surface area contributed by atoms with Gasteiger partial charge in [-0.15, -0.1) is 5.26 Å². The molecule has 1 rings (SSSR count). The Kier molecular flexibility index (Phi) is 3.33. The van der Waals surface area contributed by atoms with Gasteiger partial charge in [0.1, 0.15) is 6.34 Å². The van der Waals surface area contributed by atoms with Crippen molar-refractivity contribution in [3.05, 3.63) is 18.0 Å². The van der Waals surface area contributed by atoms with Crippen molar-refractivity contribution in [2.45, 2.75) is 6.92 Å². The van der Waals surface area contributed by atoms with Crippen LogP contribution < -0.4 is 4.74 Å². The molecule has 0 bridgehead atoms. The molecule has 14 heavy (non-hydrogen) atoms. The van der Waals surface area contributed by atoms with Gasteiger partial charge in [0, 0.05) is 6.07 Å². The molecule has 5 heteroatoms. The second-order valence-electron chi connectivity index (χ2n) is 2.40. The van der Waals surface area contributed by atoms with Crippen LogP contribution in [-0.2, 0) is 0 Å². The number of aliphatic imine (C=N–C) groups is 2. The third-order valence-corrected chi connectivity index (χ3v) is 1.48. The summed E-state index contributed by atoms with van der Waals surface area (Å²) in [5.41, 5.74) is 1.33. The van der Waals surface area contributed by atoms with E-state index in [1.54, 1.807) is 19.2 Å². The molecule has 70 valence electrons. The number of nitriles is 1. The van der Waals surface area contributed by atoms with Crippen molar-refractivity contribution in [1.29, 1.82) is 5.26 Å². The fraction of sp³-hybridized carbons (Fsp3) is 0.111. The van der Waals surface area contributed by atoms with Crippen LogP contribution in [0.4, 0.5) is 5.69 Å². The number of hydrogen-bond donors (Lipinski definition) is 0. The smallest absolute Gasteiger partial charge is 0.292 e. The Morgan fingerprint density at radius 3 is 3.14 bits per heavy atom. The molecule has 0 radical (unpaired) electrons. The van der Waals surface area contributed by atoms with Crippen LogP contribution in [0.25, 0.3) is 0 Å². The van der Waals surface area contributed by atoms with Crippen LogP contribution in [0, 0.1) is 18.4 Å². The standard InChI is InChI=1S/C9H8N4O/c1-7-9(13-6-11-2)3-8(4-12-7)14-5-10/h3-4,6H,2H2,1H3/b13-6-. The van der Waals surface area contributed by atoms with Gasteiger partial charge in [-0.25, -0.2) is 4.99 Å². The zero-order chi connectivity index (χ0) is 10.4. The molecule has 0 fully saturated rings. The zero-order valence-electron chi connectivity index (χ0n) is 7.64. The van der Waals surface area contributed by atoms with Crippen LogP contribution in [0.2, 0.25) is 0 Å². The minimum atomic E-state index is 0.356. The van der Waals surface area contributed by atoms with Gasteiger partial charge in [0.15, 0.2) is 5.75 Å². The SMILES string of the molecule is C=N/C=N\c1cc(OC#N)cnc1C. The molecule has 0 N–H and O–H groups in total. The van der Waals surface area contributed by atoms with E-state index in [0.717, 1.165) is 5.69 Å². The van der Waals surface area contributed by atoms with E-state index in [1.165, 1.54) is 12.5 Å². The summed E-state index contributed by atoms with van der Waals surface area (Å²) in [4.78, 5) is 11.4. The van der Waals surface area contributed by atoms with Crippen molar-refractivity contribution in [1.82, 2.24) is 4.98 Å². The Balaban J connectivity index is 3.02. The highest BCUT2D eigenvalue weighted by Gasteiger charge is 2.00. The minimum absolute atomic E-state index is 0.356. The van der Waals surface area contributed by atoms with Gasteiger partial charge in [-0.05, 0) is 13.6 Å². The molecular formula is C9H8N4O. The fourth-order valence-corrected chi connectivity index (χ4v) is 0.845. The highest BCUT2D eigenvalue weighted by atomic mass is 16.5. The van der Waals surface area contributed by atoms with Gasteiger partial charge in [-0.2, -0.15) is 0 Å². The van der Waals surface area contributed by atoms with Crippen LogP contribution in [0.5, 0.6) is 5.75 Å². The summed E-state index contributed by atoms with van der Waals surface area (Å²) in [5.74, 6) is 0.356. The van der Waals surface area contributed by atoms with Crippen molar-refractivity contribution in [2.24, 2.45) is 9.98 Å². The van der Waals surface area contributed by atoms with Gasteiger partial charge >= 0.3 is 0 Å². The first-order valence-corrected chi connectivity index (χ1v) is 3.79. The van der Waals surface area contributed by atoms with E-state index < -0.39 is 0 Å². The van der Waals surface area contributed by atoms with E-state index in [1.807, 2.05) is 0 Å². The summed E-state index contributed by atoms with van der Waals surface area (Å²) in [6, 6.07) is 1.60. The van der Waals surface area contributed by atoms with Gasteiger partial charge in [0.05, 0.1) is 17.6 Å². The third-order valence-electron chi connectivity index (χ3n) is 1.48. The number of aryl methyl sites for hydroxylation is 1. The zero-order valence-corrected chi connectivity index (χ0v) is 7.64. The predicted molar refractivity (Wildman–Crippen MR) is 52.9 cm³/mol. The summed E-state index contributed by atoms with van der Waals surface area (Å²) >= 11 is 0. The summed E-state index contributed by atoms with van der Waals surface area (Å²) in [5, 5.41) is 8.29. The number of aromatic nitrogens is 1. The van der Waals surface area contributed by atoms with Crippen molar-refractivity contribution in [2.75, 3.05) is 0 Å². The van der Waals surface area contributed by atoms with E-state index in [2.05, 4.69) is 26.4 Å². The lowest BCUT2D eigenvalue weighted by Gasteiger charge is -1.99. The average molecular weight is 188 g/mol. The molecule has 0 aliphatic rings. The Hall–Kier alpha value is -2.22. The monoisotopic (exact) mass is 188 g/mol. The van der Waals surface area contributed by atoms with Crippen LogP contribution in [-0.4, -0.2) is 18.0 Å². The minimum Gasteiger partial charge on any atom is -0.386 e. The molecule has 0 atom stereocenters. The van der Waals surface area contributed by atoms with Crippen molar-refractivity contribution >= 4 is 18.7 Å². The lowest BCUT2D eigenvalue weighted by atomic mass is 10.3. The van der Waals surface area contributed by atoms with Gasteiger partial charge in [-0.1, -0.05) is 0 Å². The van der Waals surface area contributed by atoms with Crippen LogP contribution in [0.15, 0.2) is 22.2 Å². The van der Waals surface area contributed by atoms with Crippen molar-refractivity contribution in [3.8, 4) is 12.0 Å². The second-order valence-corrected chi connectivity index (χ2v) is 2.40. The number of hydrogen-bond acceptors (Lipinski definition) is 4. The molecule has 0 aliphatic heterocycles. The Morgan fingerprint density at radius 1 is 1.71 bits per heavy atom. The lowest BCUT2D eigenvalue weighted by Crippen LogP contribution is -1.86. The summed E-state index contributed by atoms with van der Waals surface area (Å²) in [6.45, 7) is 5.06. The fourth-order valence-electron chi connectivity index (χ4n) is 0.845. The maximum atomic E-state index is 8.29. The topological polar surface area (TPSA) is 70.6 Å². The van der Waals surface area contributed by atoms with E-state index in [9.17, 15) is 0 Å². The van der Waals surface area contributed by atoms with E-state index in [0.29, 0.717) is 11.4 Å². The summed E-state index contributed by atoms with van der Waals surface area (Å²) < 4.78 is 4.60. The lowest BCUT2D eigenvalue weighted by molar-refractivity contribution is 0.504. The first-order valence-electron chi connectivity index (χ1n) is 3.79. The van der Waals surface area contributed by atoms with Crippen molar-refractivity contribution in [3.63, 3.8) is 0 Å². The third kappa shape index (κ3) is 2.38. The normalized spacial score (nSPS) is 9.71. The molecule has 0 unspecified atom stereocenters. The first-order chi connectivity index (χ1) is 6.77. The maximum Gasteiger partial charge on any atom is 0.292 e. The van der Waals surface area contributed by atoms with Crippen molar-refractivity contribution < 1.29 is 4.74 Å². The number of pyridine rings is 1.